The van der Waals surface area contributed by atoms with Gasteiger partial charge in [0.15, 0.2) is 5.82 Å². The van der Waals surface area contributed by atoms with Crippen LogP contribution in [0.2, 0.25) is 0 Å². The Balaban J connectivity index is 1.63. The molecule has 2 amide bonds. The highest BCUT2D eigenvalue weighted by atomic mass is 16.2. The van der Waals surface area contributed by atoms with Crippen LogP contribution >= 0.6 is 0 Å². The number of nitrogens with zero attached hydrogens (tertiary/aromatic N) is 4. The van der Waals surface area contributed by atoms with Crippen LogP contribution < -0.4 is 10.2 Å². The Hall–Kier alpha value is -3.41. The number of carbonyl (C=O) groups excluding carboxylic acids is 1. The molecule has 0 spiro atoms. The average Bonchev–Trinajstić information content (AvgIpc) is 2.81. The predicted molar refractivity (Wildman–Crippen MR) is 125 cm³/mol. The first-order valence-corrected chi connectivity index (χ1v) is 10.8. The molecule has 2 heterocycles. The van der Waals surface area contributed by atoms with Gasteiger partial charge in [-0.25, -0.2) is 14.8 Å². The molecule has 3 aromatic rings. The fraction of sp³-hybridized carbons (Fsp3) is 0.320. The summed E-state index contributed by atoms with van der Waals surface area (Å²) in [6.45, 7) is 8.14. The molecule has 0 atom stereocenters. The Morgan fingerprint density at radius 2 is 1.87 bits per heavy atom. The lowest BCUT2D eigenvalue weighted by Gasteiger charge is -2.32. The standard InChI is InChI=1S/C25H29N5O/c1-5-29(4)24-20-16-30(25(31)27-21-13-9-10-17(2)18(21)3)15-14-22(20)26-23(28-24)19-11-7-6-8-12-19/h6-13H,5,14-16H2,1-4H3,(H,27,31). The summed E-state index contributed by atoms with van der Waals surface area (Å²) in [5.74, 6) is 1.64. The van der Waals surface area contributed by atoms with Crippen LogP contribution in [0.4, 0.5) is 16.3 Å². The summed E-state index contributed by atoms with van der Waals surface area (Å²) in [6, 6.07) is 15.9. The predicted octanol–water partition coefficient (Wildman–Crippen LogP) is 4.81. The second kappa shape index (κ2) is 8.76. The third-order valence-electron chi connectivity index (χ3n) is 6.04. The minimum Gasteiger partial charge on any atom is -0.360 e. The first-order valence-electron chi connectivity index (χ1n) is 10.8. The number of benzene rings is 2. The fourth-order valence-corrected chi connectivity index (χ4v) is 3.83. The molecular weight excluding hydrogens is 386 g/mol. The third-order valence-corrected chi connectivity index (χ3v) is 6.04. The Bertz CT molecular complexity index is 1100. The van der Waals surface area contributed by atoms with Gasteiger partial charge in [0.25, 0.3) is 0 Å². The number of hydrogen-bond donors (Lipinski definition) is 1. The Kier molecular flexibility index (Phi) is 5.89. The van der Waals surface area contributed by atoms with Crippen molar-refractivity contribution in [2.75, 3.05) is 30.4 Å². The molecule has 1 N–H and O–H groups in total. The number of hydrogen-bond acceptors (Lipinski definition) is 4. The molecule has 0 fully saturated rings. The normalized spacial score (nSPS) is 13.0. The quantitative estimate of drug-likeness (QED) is 0.664. The number of carbonyl (C=O) groups is 1. The molecule has 1 aliphatic heterocycles. The molecule has 0 aliphatic carbocycles. The molecule has 6 nitrogen and oxygen atoms in total. The maximum Gasteiger partial charge on any atom is 0.322 e. The largest absolute Gasteiger partial charge is 0.360 e. The van der Waals surface area contributed by atoms with Crippen molar-refractivity contribution in [3.8, 4) is 11.4 Å². The van der Waals surface area contributed by atoms with E-state index in [1.165, 1.54) is 0 Å². The summed E-state index contributed by atoms with van der Waals surface area (Å²) in [4.78, 5) is 26.8. The van der Waals surface area contributed by atoms with Crippen LogP contribution in [0.15, 0.2) is 48.5 Å². The van der Waals surface area contributed by atoms with Crippen LogP contribution in [-0.4, -0.2) is 41.0 Å². The first-order chi connectivity index (χ1) is 15.0. The second-order valence-electron chi connectivity index (χ2n) is 8.03. The number of anilines is 2. The molecule has 4 rings (SSSR count). The third kappa shape index (κ3) is 4.24. The van der Waals surface area contributed by atoms with Crippen molar-refractivity contribution in [1.82, 2.24) is 14.9 Å². The van der Waals surface area contributed by atoms with Gasteiger partial charge in [0.05, 0.1) is 12.2 Å². The Morgan fingerprint density at radius 3 is 2.61 bits per heavy atom. The summed E-state index contributed by atoms with van der Waals surface area (Å²) in [7, 11) is 2.03. The van der Waals surface area contributed by atoms with Crippen LogP contribution in [-0.2, 0) is 13.0 Å². The minimum absolute atomic E-state index is 0.0865. The summed E-state index contributed by atoms with van der Waals surface area (Å²) in [5, 5.41) is 3.08. The molecule has 2 aromatic carbocycles. The first kappa shape index (κ1) is 20.8. The highest BCUT2D eigenvalue weighted by molar-refractivity contribution is 5.90. The van der Waals surface area contributed by atoms with Crippen molar-refractivity contribution >= 4 is 17.5 Å². The molecule has 0 radical (unpaired) electrons. The number of aromatic nitrogens is 2. The van der Waals surface area contributed by atoms with Crippen molar-refractivity contribution in [2.24, 2.45) is 0 Å². The summed E-state index contributed by atoms with van der Waals surface area (Å²) in [6.07, 6.45) is 0.711. The van der Waals surface area contributed by atoms with E-state index >= 15 is 0 Å². The van der Waals surface area contributed by atoms with Crippen LogP contribution in [0.1, 0.15) is 29.3 Å². The zero-order valence-electron chi connectivity index (χ0n) is 18.6. The van der Waals surface area contributed by atoms with E-state index in [9.17, 15) is 4.79 Å². The van der Waals surface area contributed by atoms with E-state index in [-0.39, 0.29) is 6.03 Å². The molecule has 1 aromatic heterocycles. The Morgan fingerprint density at radius 1 is 1.10 bits per heavy atom. The van der Waals surface area contributed by atoms with E-state index < -0.39 is 0 Å². The van der Waals surface area contributed by atoms with Crippen molar-refractivity contribution in [3.05, 3.63) is 70.9 Å². The van der Waals surface area contributed by atoms with Crippen molar-refractivity contribution in [1.29, 1.82) is 0 Å². The van der Waals surface area contributed by atoms with Gasteiger partial charge < -0.3 is 15.1 Å². The Labute approximate surface area is 183 Å². The monoisotopic (exact) mass is 415 g/mol. The zero-order chi connectivity index (χ0) is 22.0. The average molecular weight is 416 g/mol. The van der Waals surface area contributed by atoms with Crippen LogP contribution in [0, 0.1) is 13.8 Å². The summed E-state index contributed by atoms with van der Waals surface area (Å²) < 4.78 is 0. The SMILES string of the molecule is CCN(C)c1nc(-c2ccccc2)nc2c1CN(C(=O)Nc1cccc(C)c1C)CC2. The number of nitrogens with one attached hydrogen (secondary N) is 1. The fourth-order valence-electron chi connectivity index (χ4n) is 3.83. The smallest absolute Gasteiger partial charge is 0.322 e. The van der Waals surface area contributed by atoms with E-state index in [2.05, 4.69) is 30.1 Å². The molecule has 31 heavy (non-hydrogen) atoms. The number of amides is 2. The number of urea groups is 1. The number of aryl methyl sites for hydroxylation is 1. The lowest BCUT2D eigenvalue weighted by molar-refractivity contribution is 0.206. The maximum absolute atomic E-state index is 13.0. The van der Waals surface area contributed by atoms with E-state index in [0.717, 1.165) is 51.8 Å². The molecule has 0 unspecified atom stereocenters. The molecule has 6 heteroatoms. The van der Waals surface area contributed by atoms with Crippen LogP contribution in [0.25, 0.3) is 11.4 Å². The molecule has 160 valence electrons. The summed E-state index contributed by atoms with van der Waals surface area (Å²) in [5.41, 5.74) is 6.18. The molecule has 0 bridgehead atoms. The lowest BCUT2D eigenvalue weighted by atomic mass is 10.0. The molecular formula is C25H29N5O. The molecule has 0 saturated carbocycles. The number of rotatable bonds is 4. The topological polar surface area (TPSA) is 61.4 Å². The highest BCUT2D eigenvalue weighted by Gasteiger charge is 2.27. The van der Waals surface area contributed by atoms with Crippen LogP contribution in [0.5, 0.6) is 0 Å². The van der Waals surface area contributed by atoms with Crippen LogP contribution in [0.3, 0.4) is 0 Å². The second-order valence-corrected chi connectivity index (χ2v) is 8.03. The van der Waals surface area contributed by atoms with E-state index in [1.807, 2.05) is 61.3 Å². The van der Waals surface area contributed by atoms with Gasteiger partial charge in [-0.2, -0.15) is 0 Å². The van der Waals surface area contributed by atoms with Gasteiger partial charge in [-0.1, -0.05) is 42.5 Å². The van der Waals surface area contributed by atoms with E-state index in [0.29, 0.717) is 19.5 Å². The highest BCUT2D eigenvalue weighted by Crippen LogP contribution is 2.29. The van der Waals surface area contributed by atoms with Crippen molar-refractivity contribution in [3.63, 3.8) is 0 Å². The zero-order valence-corrected chi connectivity index (χ0v) is 18.6. The maximum atomic E-state index is 13.0. The van der Waals surface area contributed by atoms with Gasteiger partial charge >= 0.3 is 6.03 Å². The van der Waals surface area contributed by atoms with Gasteiger partial charge in [-0.05, 0) is 38.0 Å². The van der Waals surface area contributed by atoms with Gasteiger partial charge in [-0.3, -0.25) is 0 Å². The molecule has 1 aliphatic rings. The van der Waals surface area contributed by atoms with Crippen molar-refractivity contribution in [2.45, 2.75) is 33.7 Å². The van der Waals surface area contributed by atoms with E-state index in [4.69, 9.17) is 9.97 Å². The van der Waals surface area contributed by atoms with Gasteiger partial charge in [0.1, 0.15) is 5.82 Å². The van der Waals surface area contributed by atoms with Gasteiger partial charge in [-0.15, -0.1) is 0 Å². The van der Waals surface area contributed by atoms with Crippen molar-refractivity contribution < 1.29 is 4.79 Å². The lowest BCUT2D eigenvalue weighted by Crippen LogP contribution is -2.40. The van der Waals surface area contributed by atoms with E-state index in [1.54, 1.807) is 0 Å². The molecule has 0 saturated heterocycles. The van der Waals surface area contributed by atoms with Gasteiger partial charge in [0, 0.05) is 43.4 Å². The summed E-state index contributed by atoms with van der Waals surface area (Å²) >= 11 is 0. The number of fused-ring (bicyclic) bond motifs is 1. The minimum atomic E-state index is -0.0865. The van der Waals surface area contributed by atoms with Gasteiger partial charge in [0.2, 0.25) is 0 Å².